The van der Waals surface area contributed by atoms with Gasteiger partial charge < -0.3 is 19.5 Å². The smallest absolute Gasteiger partial charge is 0.342 e. The average Bonchev–Trinajstić information content (AvgIpc) is 2.75. The molecule has 1 N–H and O–H groups in total. The number of esters is 1. The zero-order valence-electron chi connectivity index (χ0n) is 15.3. The Morgan fingerprint density at radius 2 is 1.57 bits per heavy atom. The zero-order valence-corrected chi connectivity index (χ0v) is 15.3. The number of ether oxygens (including phenoxy) is 2. The van der Waals surface area contributed by atoms with Crippen LogP contribution in [0, 0.1) is 5.92 Å². The van der Waals surface area contributed by atoms with Crippen molar-refractivity contribution in [1.29, 1.82) is 0 Å². The minimum atomic E-state index is -0.992. The number of carbonyl (C=O) groups excluding carboxylic acids is 2. The van der Waals surface area contributed by atoms with Crippen LogP contribution >= 0.6 is 0 Å². The van der Waals surface area contributed by atoms with Gasteiger partial charge in [-0.25, -0.2) is 4.79 Å². The number of hydrogen-bond donors (Lipinski definition) is 1. The molecule has 2 heterocycles. The molecule has 2 aliphatic heterocycles. The second-order valence-electron chi connectivity index (χ2n) is 6.78. The van der Waals surface area contributed by atoms with E-state index in [4.69, 9.17) is 9.47 Å². The van der Waals surface area contributed by atoms with E-state index in [0.717, 1.165) is 0 Å². The molecule has 0 aromatic heterocycles. The summed E-state index contributed by atoms with van der Waals surface area (Å²) in [4.78, 5) is 27.7. The molecule has 2 atom stereocenters. The first-order chi connectivity index (χ1) is 13.7. The fraction of sp³-hybridized carbons (Fsp3) is 0.273. The third-order valence-electron chi connectivity index (χ3n) is 5.07. The van der Waals surface area contributed by atoms with Gasteiger partial charge in [0.25, 0.3) is 0 Å². The molecule has 0 bridgehead atoms. The summed E-state index contributed by atoms with van der Waals surface area (Å²) < 4.78 is 11.0. The van der Waals surface area contributed by atoms with Crippen molar-refractivity contribution >= 4 is 17.4 Å². The van der Waals surface area contributed by atoms with E-state index in [2.05, 4.69) is 0 Å². The quantitative estimate of drug-likeness (QED) is 0.830. The molecule has 4 rings (SSSR count). The molecule has 6 nitrogen and oxygen atoms in total. The van der Waals surface area contributed by atoms with E-state index < -0.39 is 18.0 Å². The number of aliphatic hydroxyl groups excluding tert-OH is 1. The minimum absolute atomic E-state index is 0.0411. The molecule has 0 radical (unpaired) electrons. The summed E-state index contributed by atoms with van der Waals surface area (Å²) in [6.45, 7) is 1.78. The first kappa shape index (κ1) is 18.3. The number of hydrogen-bond acceptors (Lipinski definition) is 5. The van der Waals surface area contributed by atoms with Gasteiger partial charge in [-0.3, -0.25) is 4.79 Å². The molecule has 1 amide bonds. The predicted octanol–water partition coefficient (Wildman–Crippen LogP) is 2.73. The van der Waals surface area contributed by atoms with Crippen LogP contribution in [0.15, 0.2) is 66.4 Å². The second kappa shape index (κ2) is 7.86. The third-order valence-corrected chi connectivity index (χ3v) is 5.07. The highest BCUT2D eigenvalue weighted by Gasteiger charge is 2.45. The maximum absolute atomic E-state index is 13.3. The number of aliphatic hydroxyl groups is 1. The molecule has 0 aliphatic carbocycles. The topological polar surface area (TPSA) is 76.1 Å². The van der Waals surface area contributed by atoms with Gasteiger partial charge in [0.15, 0.2) is 0 Å². The lowest BCUT2D eigenvalue weighted by Gasteiger charge is -2.36. The van der Waals surface area contributed by atoms with Crippen molar-refractivity contribution in [2.75, 3.05) is 26.3 Å². The molecule has 2 aromatic carbocycles. The highest BCUT2D eigenvalue weighted by Crippen LogP contribution is 2.41. The Labute approximate surface area is 163 Å². The van der Waals surface area contributed by atoms with Crippen molar-refractivity contribution in [1.82, 2.24) is 4.90 Å². The number of amides is 1. The first-order valence-electron chi connectivity index (χ1n) is 9.28. The Morgan fingerprint density at radius 1 is 0.964 bits per heavy atom. The third kappa shape index (κ3) is 3.39. The monoisotopic (exact) mass is 379 g/mol. The highest BCUT2D eigenvalue weighted by molar-refractivity contribution is 6.18. The number of benzene rings is 2. The summed E-state index contributed by atoms with van der Waals surface area (Å²) >= 11 is 0. The summed E-state index contributed by atoms with van der Waals surface area (Å²) in [5.74, 6) is -2.14. The maximum Gasteiger partial charge on any atom is 0.342 e. The number of cyclic esters (lactones) is 1. The molecule has 28 heavy (non-hydrogen) atoms. The SMILES string of the molecule is O=C1OC(c2ccccc2)C(C(=O)N2CCOCC2)C(O)=C1c1ccccc1. The van der Waals surface area contributed by atoms with Crippen molar-refractivity contribution in [3.63, 3.8) is 0 Å². The van der Waals surface area contributed by atoms with Gasteiger partial charge in [-0.1, -0.05) is 60.7 Å². The number of carbonyl (C=O) groups is 2. The molecule has 1 saturated heterocycles. The molecular weight excluding hydrogens is 358 g/mol. The fourth-order valence-electron chi connectivity index (χ4n) is 3.65. The van der Waals surface area contributed by atoms with Crippen molar-refractivity contribution < 1.29 is 24.2 Å². The van der Waals surface area contributed by atoms with Crippen LogP contribution in [0.5, 0.6) is 0 Å². The van der Waals surface area contributed by atoms with Gasteiger partial charge in [0, 0.05) is 13.1 Å². The molecule has 2 unspecified atom stereocenters. The summed E-state index contributed by atoms with van der Waals surface area (Å²) in [6, 6.07) is 17.8. The van der Waals surface area contributed by atoms with E-state index in [1.807, 2.05) is 24.3 Å². The van der Waals surface area contributed by atoms with Crippen molar-refractivity contribution in [2.24, 2.45) is 5.92 Å². The normalized spacial score (nSPS) is 22.7. The van der Waals surface area contributed by atoms with Gasteiger partial charge >= 0.3 is 5.97 Å². The summed E-state index contributed by atoms with van der Waals surface area (Å²) in [7, 11) is 0. The molecule has 2 aromatic rings. The van der Waals surface area contributed by atoms with E-state index in [-0.39, 0.29) is 17.2 Å². The molecule has 0 spiro atoms. The van der Waals surface area contributed by atoms with E-state index in [0.29, 0.717) is 37.4 Å². The zero-order chi connectivity index (χ0) is 19.5. The second-order valence-corrected chi connectivity index (χ2v) is 6.78. The van der Waals surface area contributed by atoms with Gasteiger partial charge in [-0.15, -0.1) is 0 Å². The van der Waals surface area contributed by atoms with Gasteiger partial charge in [-0.05, 0) is 11.1 Å². The molecule has 2 aliphatic rings. The van der Waals surface area contributed by atoms with E-state index in [9.17, 15) is 14.7 Å². The molecule has 6 heteroatoms. The van der Waals surface area contributed by atoms with Crippen LogP contribution in [0.4, 0.5) is 0 Å². The Balaban J connectivity index is 1.79. The number of morpholine rings is 1. The lowest BCUT2D eigenvalue weighted by molar-refractivity contribution is -0.155. The Morgan fingerprint density at radius 3 is 2.21 bits per heavy atom. The van der Waals surface area contributed by atoms with Crippen LogP contribution in [0.1, 0.15) is 17.2 Å². The van der Waals surface area contributed by atoms with Gasteiger partial charge in [0.2, 0.25) is 5.91 Å². The predicted molar refractivity (Wildman–Crippen MR) is 102 cm³/mol. The first-order valence-corrected chi connectivity index (χ1v) is 9.28. The van der Waals surface area contributed by atoms with Crippen LogP contribution in [0.25, 0.3) is 5.57 Å². The van der Waals surface area contributed by atoms with Gasteiger partial charge in [0.05, 0.1) is 13.2 Å². The lowest BCUT2D eigenvalue weighted by atomic mass is 9.86. The number of nitrogens with zero attached hydrogens (tertiary/aromatic N) is 1. The van der Waals surface area contributed by atoms with Crippen LogP contribution in [0.2, 0.25) is 0 Å². The van der Waals surface area contributed by atoms with Crippen LogP contribution in [-0.4, -0.2) is 48.2 Å². The van der Waals surface area contributed by atoms with Crippen molar-refractivity contribution in [3.8, 4) is 0 Å². The van der Waals surface area contributed by atoms with Gasteiger partial charge in [-0.2, -0.15) is 0 Å². The highest BCUT2D eigenvalue weighted by atomic mass is 16.5. The fourth-order valence-corrected chi connectivity index (χ4v) is 3.65. The van der Waals surface area contributed by atoms with Crippen LogP contribution in [0.3, 0.4) is 0 Å². The Bertz CT molecular complexity index is 888. The largest absolute Gasteiger partial charge is 0.510 e. The molecule has 1 fully saturated rings. The minimum Gasteiger partial charge on any atom is -0.510 e. The number of rotatable bonds is 3. The Hall–Kier alpha value is -3.12. The summed E-state index contributed by atoms with van der Waals surface area (Å²) in [5.41, 5.74) is 1.23. The van der Waals surface area contributed by atoms with Crippen LogP contribution < -0.4 is 0 Å². The van der Waals surface area contributed by atoms with Crippen molar-refractivity contribution in [2.45, 2.75) is 6.10 Å². The standard InChI is InChI=1S/C22H21NO5/c24-19-17(15-7-3-1-4-8-15)22(26)28-20(16-9-5-2-6-10-16)18(19)21(25)23-11-13-27-14-12-23/h1-10,18,20,24H,11-14H2. The van der Waals surface area contributed by atoms with Gasteiger partial charge in [0.1, 0.15) is 23.4 Å². The van der Waals surface area contributed by atoms with E-state index in [1.54, 1.807) is 41.3 Å². The lowest BCUT2D eigenvalue weighted by Crippen LogP contribution is -2.47. The van der Waals surface area contributed by atoms with E-state index in [1.165, 1.54) is 0 Å². The molecular formula is C22H21NO5. The Kier molecular flexibility index (Phi) is 5.12. The van der Waals surface area contributed by atoms with Crippen molar-refractivity contribution in [3.05, 3.63) is 77.5 Å². The molecule has 144 valence electrons. The summed E-state index contributed by atoms with van der Waals surface area (Å²) in [6.07, 6.45) is -0.878. The van der Waals surface area contributed by atoms with Crippen LogP contribution in [-0.2, 0) is 19.1 Å². The maximum atomic E-state index is 13.3. The molecule has 0 saturated carbocycles. The van der Waals surface area contributed by atoms with E-state index >= 15 is 0 Å². The average molecular weight is 379 g/mol. The summed E-state index contributed by atoms with van der Waals surface area (Å²) in [5, 5.41) is 11.1.